The van der Waals surface area contributed by atoms with E-state index < -0.39 is 4.92 Å². The highest BCUT2D eigenvalue weighted by Crippen LogP contribution is 2.29. The predicted octanol–water partition coefficient (Wildman–Crippen LogP) is 2.61. The SMILES string of the molecule is Cc1ccc(NCC(=O)N/N=C\c2ccc(N3CCOCC3)c([N+](=O)[O-])c2)cc1C. The number of nitro benzene ring substituents is 1. The fourth-order valence-corrected chi connectivity index (χ4v) is 3.09. The number of aryl methyl sites for hydroxylation is 2. The second kappa shape index (κ2) is 9.84. The number of hydrogen-bond donors (Lipinski definition) is 2. The zero-order valence-corrected chi connectivity index (χ0v) is 17.1. The maximum atomic E-state index is 12.0. The van der Waals surface area contributed by atoms with Crippen molar-refractivity contribution < 1.29 is 14.5 Å². The topological polar surface area (TPSA) is 109 Å². The Kier molecular flexibility index (Phi) is 6.97. The summed E-state index contributed by atoms with van der Waals surface area (Å²) in [4.78, 5) is 25.0. The van der Waals surface area contributed by atoms with Gasteiger partial charge in [0.1, 0.15) is 5.69 Å². The average molecular weight is 411 g/mol. The summed E-state index contributed by atoms with van der Waals surface area (Å²) in [6.07, 6.45) is 1.39. The molecule has 0 atom stereocenters. The molecule has 1 aliphatic rings. The molecule has 1 heterocycles. The van der Waals surface area contributed by atoms with Gasteiger partial charge in [-0.2, -0.15) is 5.10 Å². The van der Waals surface area contributed by atoms with Crippen molar-refractivity contribution in [2.45, 2.75) is 13.8 Å². The highest BCUT2D eigenvalue weighted by Gasteiger charge is 2.21. The number of nitrogens with one attached hydrogen (secondary N) is 2. The highest BCUT2D eigenvalue weighted by molar-refractivity contribution is 5.86. The van der Waals surface area contributed by atoms with Gasteiger partial charge < -0.3 is 15.0 Å². The van der Waals surface area contributed by atoms with Crippen LogP contribution < -0.4 is 15.6 Å². The maximum absolute atomic E-state index is 12.0. The molecule has 0 aromatic heterocycles. The van der Waals surface area contributed by atoms with Crippen LogP contribution in [0, 0.1) is 24.0 Å². The number of hydrogen-bond acceptors (Lipinski definition) is 7. The maximum Gasteiger partial charge on any atom is 0.293 e. The summed E-state index contributed by atoms with van der Waals surface area (Å²) in [5, 5.41) is 18.4. The number of carbonyl (C=O) groups is 1. The first-order valence-corrected chi connectivity index (χ1v) is 9.68. The van der Waals surface area contributed by atoms with Crippen molar-refractivity contribution in [1.82, 2.24) is 5.43 Å². The molecule has 0 saturated carbocycles. The normalized spacial score (nSPS) is 14.0. The zero-order valence-electron chi connectivity index (χ0n) is 17.1. The molecule has 0 spiro atoms. The monoisotopic (exact) mass is 411 g/mol. The van der Waals surface area contributed by atoms with E-state index in [1.807, 2.05) is 36.9 Å². The van der Waals surface area contributed by atoms with Crippen molar-refractivity contribution in [3.8, 4) is 0 Å². The molecule has 158 valence electrons. The van der Waals surface area contributed by atoms with Crippen LogP contribution in [-0.2, 0) is 9.53 Å². The van der Waals surface area contributed by atoms with E-state index in [1.165, 1.54) is 17.8 Å². The van der Waals surface area contributed by atoms with E-state index in [4.69, 9.17) is 4.74 Å². The van der Waals surface area contributed by atoms with Gasteiger partial charge in [0.25, 0.3) is 11.6 Å². The Labute approximate surface area is 174 Å². The van der Waals surface area contributed by atoms with E-state index in [2.05, 4.69) is 15.8 Å². The summed E-state index contributed by atoms with van der Waals surface area (Å²) >= 11 is 0. The van der Waals surface area contributed by atoms with Gasteiger partial charge in [-0.25, -0.2) is 5.43 Å². The fraction of sp³-hybridized carbons (Fsp3) is 0.333. The van der Waals surface area contributed by atoms with Gasteiger partial charge in [-0.15, -0.1) is 0 Å². The minimum Gasteiger partial charge on any atom is -0.378 e. The number of morpholine rings is 1. The molecule has 1 saturated heterocycles. The first kappa shape index (κ1) is 21.3. The van der Waals surface area contributed by atoms with Crippen molar-refractivity contribution in [2.75, 3.05) is 43.1 Å². The third kappa shape index (κ3) is 5.54. The molecule has 0 aliphatic carbocycles. The molecule has 9 heteroatoms. The second-order valence-electron chi connectivity index (χ2n) is 7.05. The van der Waals surface area contributed by atoms with E-state index in [1.54, 1.807) is 12.1 Å². The highest BCUT2D eigenvalue weighted by atomic mass is 16.6. The van der Waals surface area contributed by atoms with E-state index in [9.17, 15) is 14.9 Å². The Morgan fingerprint density at radius 3 is 2.67 bits per heavy atom. The third-order valence-electron chi connectivity index (χ3n) is 4.91. The van der Waals surface area contributed by atoms with Gasteiger partial charge in [0.2, 0.25) is 0 Å². The number of amides is 1. The molecule has 2 aromatic rings. The number of rotatable bonds is 7. The Morgan fingerprint density at radius 2 is 1.97 bits per heavy atom. The molecule has 2 N–H and O–H groups in total. The van der Waals surface area contributed by atoms with Gasteiger partial charge in [-0.1, -0.05) is 12.1 Å². The summed E-state index contributed by atoms with van der Waals surface area (Å²) in [6.45, 7) is 6.41. The fourth-order valence-electron chi connectivity index (χ4n) is 3.09. The number of hydrazone groups is 1. The van der Waals surface area contributed by atoms with Crippen LogP contribution in [0.4, 0.5) is 17.1 Å². The molecule has 30 heavy (non-hydrogen) atoms. The largest absolute Gasteiger partial charge is 0.378 e. The van der Waals surface area contributed by atoms with E-state index in [0.29, 0.717) is 37.6 Å². The molecule has 0 radical (unpaired) electrons. The summed E-state index contributed by atoms with van der Waals surface area (Å²) in [5.74, 6) is -0.316. The smallest absolute Gasteiger partial charge is 0.293 e. The standard InChI is InChI=1S/C21H25N5O4/c1-15-3-5-18(11-16(15)2)22-14-21(27)24-23-13-17-4-6-19(20(12-17)26(28)29)25-7-9-30-10-8-25/h3-6,11-13,22H,7-10,14H2,1-2H3,(H,24,27)/b23-13-. The number of benzene rings is 2. The van der Waals surface area contributed by atoms with Crippen LogP contribution in [0.2, 0.25) is 0 Å². The van der Waals surface area contributed by atoms with Gasteiger partial charge in [0.15, 0.2) is 0 Å². The lowest BCUT2D eigenvalue weighted by atomic mass is 10.1. The number of anilines is 2. The van der Waals surface area contributed by atoms with Gasteiger partial charge >= 0.3 is 0 Å². The minimum absolute atomic E-state index is 0.00332. The summed E-state index contributed by atoms with van der Waals surface area (Å²) in [7, 11) is 0. The molecule has 2 aromatic carbocycles. The quantitative estimate of drug-likeness (QED) is 0.412. The van der Waals surface area contributed by atoms with Crippen LogP contribution in [0.15, 0.2) is 41.5 Å². The molecule has 1 amide bonds. The van der Waals surface area contributed by atoms with Crippen LogP contribution in [0.1, 0.15) is 16.7 Å². The molecular weight excluding hydrogens is 386 g/mol. The Morgan fingerprint density at radius 1 is 1.20 bits per heavy atom. The van der Waals surface area contributed by atoms with Gasteiger partial charge in [0, 0.05) is 30.4 Å². The van der Waals surface area contributed by atoms with Crippen molar-refractivity contribution in [3.63, 3.8) is 0 Å². The summed E-state index contributed by atoms with van der Waals surface area (Å²) in [6, 6.07) is 10.8. The third-order valence-corrected chi connectivity index (χ3v) is 4.91. The second-order valence-corrected chi connectivity index (χ2v) is 7.05. The first-order valence-electron chi connectivity index (χ1n) is 9.68. The van der Waals surface area contributed by atoms with Crippen LogP contribution >= 0.6 is 0 Å². The molecule has 9 nitrogen and oxygen atoms in total. The lowest BCUT2D eigenvalue weighted by molar-refractivity contribution is -0.384. The lowest BCUT2D eigenvalue weighted by Crippen LogP contribution is -2.36. The van der Waals surface area contributed by atoms with Gasteiger partial charge in [-0.3, -0.25) is 14.9 Å². The van der Waals surface area contributed by atoms with Crippen LogP contribution in [-0.4, -0.2) is 49.9 Å². The van der Waals surface area contributed by atoms with Crippen molar-refractivity contribution in [1.29, 1.82) is 0 Å². The zero-order chi connectivity index (χ0) is 21.5. The van der Waals surface area contributed by atoms with E-state index >= 15 is 0 Å². The predicted molar refractivity (Wildman–Crippen MR) is 116 cm³/mol. The number of nitrogens with zero attached hydrogens (tertiary/aromatic N) is 3. The molecular formula is C21H25N5O4. The molecule has 3 rings (SSSR count). The average Bonchev–Trinajstić information content (AvgIpc) is 2.75. The van der Waals surface area contributed by atoms with Crippen molar-refractivity contribution in [2.24, 2.45) is 5.10 Å². The Bertz CT molecular complexity index is 954. The van der Waals surface area contributed by atoms with Crippen molar-refractivity contribution in [3.05, 3.63) is 63.2 Å². The Balaban J connectivity index is 1.58. The summed E-state index contributed by atoms with van der Waals surface area (Å²) < 4.78 is 5.30. The van der Waals surface area contributed by atoms with Gasteiger partial charge in [0.05, 0.1) is 30.9 Å². The minimum atomic E-state index is -0.409. The Hall–Kier alpha value is -3.46. The number of ether oxygens (including phenoxy) is 1. The van der Waals surface area contributed by atoms with Crippen LogP contribution in [0.25, 0.3) is 0 Å². The van der Waals surface area contributed by atoms with E-state index in [-0.39, 0.29) is 18.1 Å². The number of carbonyl (C=O) groups excluding carboxylic acids is 1. The molecule has 1 fully saturated rings. The van der Waals surface area contributed by atoms with Crippen LogP contribution in [0.5, 0.6) is 0 Å². The van der Waals surface area contributed by atoms with Crippen molar-refractivity contribution >= 4 is 29.2 Å². The molecule has 1 aliphatic heterocycles. The lowest BCUT2D eigenvalue weighted by Gasteiger charge is -2.28. The van der Waals surface area contributed by atoms with E-state index in [0.717, 1.165) is 11.3 Å². The summed E-state index contributed by atoms with van der Waals surface area (Å²) in [5.41, 5.74) is 6.69. The molecule has 0 unspecified atom stereocenters. The van der Waals surface area contributed by atoms with Crippen LogP contribution in [0.3, 0.4) is 0 Å². The molecule has 0 bridgehead atoms. The van der Waals surface area contributed by atoms with Gasteiger partial charge in [-0.05, 0) is 43.2 Å². The number of nitro groups is 1. The first-order chi connectivity index (χ1) is 14.4.